The van der Waals surface area contributed by atoms with Crippen LogP contribution in [0.4, 0.5) is 18.9 Å². The molecule has 0 fully saturated rings. The minimum Gasteiger partial charge on any atom is -0.497 e. The number of rotatable bonds is 7. The van der Waals surface area contributed by atoms with Gasteiger partial charge >= 0.3 is 6.18 Å². The van der Waals surface area contributed by atoms with Crippen molar-refractivity contribution in [2.45, 2.75) is 11.1 Å². The van der Waals surface area contributed by atoms with Crippen LogP contribution in [0.3, 0.4) is 0 Å². The number of nitrogens with zero attached hydrogens (tertiary/aromatic N) is 1. The molecule has 1 heterocycles. The summed E-state index contributed by atoms with van der Waals surface area (Å²) in [6.45, 7) is 0. The van der Waals surface area contributed by atoms with Crippen LogP contribution in [0.25, 0.3) is 0 Å². The van der Waals surface area contributed by atoms with Gasteiger partial charge in [0.25, 0.3) is 5.91 Å². The molecule has 1 amide bonds. The van der Waals surface area contributed by atoms with E-state index in [-0.39, 0.29) is 23.1 Å². The Kier molecular flexibility index (Phi) is 7.22. The van der Waals surface area contributed by atoms with E-state index in [1.807, 2.05) is 0 Å². The average Bonchev–Trinajstić information content (AvgIpc) is 2.78. The minimum atomic E-state index is -4.72. The molecule has 3 rings (SSSR count). The molecule has 0 aliphatic carbocycles. The van der Waals surface area contributed by atoms with Crippen molar-refractivity contribution in [1.82, 2.24) is 4.98 Å². The van der Waals surface area contributed by atoms with E-state index in [0.29, 0.717) is 22.9 Å². The van der Waals surface area contributed by atoms with Crippen LogP contribution in [0, 0.1) is 0 Å². The van der Waals surface area contributed by atoms with Crippen molar-refractivity contribution >= 4 is 22.4 Å². The number of amides is 1. The van der Waals surface area contributed by atoms with Crippen LogP contribution in [-0.2, 0) is 17.0 Å². The Morgan fingerprint density at radius 1 is 1.03 bits per heavy atom. The number of methoxy groups -OCH3 is 2. The number of hydrogen-bond donors (Lipinski definition) is 1. The van der Waals surface area contributed by atoms with E-state index in [2.05, 4.69) is 10.3 Å². The summed E-state index contributed by atoms with van der Waals surface area (Å²) in [6, 6.07) is 11.3. The SMILES string of the molecule is COc1ccc(Oc2ncc(C(F)(F)F)cc2C(=O)Nc2cccc(S(C)=O)c2)c(OC)c1. The van der Waals surface area contributed by atoms with Crippen molar-refractivity contribution in [2.24, 2.45) is 0 Å². The third-order valence-electron chi connectivity index (χ3n) is 4.42. The first kappa shape index (κ1) is 24.1. The molecule has 0 aliphatic heterocycles. The average molecular weight is 480 g/mol. The maximum atomic E-state index is 13.3. The number of nitrogens with one attached hydrogen (secondary N) is 1. The van der Waals surface area contributed by atoms with E-state index >= 15 is 0 Å². The standard InChI is InChI=1S/C22H19F3N2O5S/c1-30-15-7-8-18(19(11-15)31-2)32-21-17(9-13(12-26-21)22(23,24)25)20(28)27-14-5-4-6-16(10-14)33(3)29/h4-12H,1-3H3,(H,27,28). The van der Waals surface area contributed by atoms with Gasteiger partial charge in [-0.3, -0.25) is 9.00 Å². The Hall–Kier alpha value is -3.60. The Labute approximate surface area is 190 Å². The molecule has 174 valence electrons. The van der Waals surface area contributed by atoms with Crippen LogP contribution in [0.15, 0.2) is 59.6 Å². The molecule has 1 unspecified atom stereocenters. The predicted octanol–water partition coefficient (Wildman–Crippen LogP) is 4.90. The molecule has 0 radical (unpaired) electrons. The molecule has 0 aliphatic rings. The van der Waals surface area contributed by atoms with E-state index in [1.165, 1.54) is 44.7 Å². The van der Waals surface area contributed by atoms with Crippen molar-refractivity contribution in [3.05, 3.63) is 65.9 Å². The number of pyridine rings is 1. The lowest BCUT2D eigenvalue weighted by molar-refractivity contribution is -0.137. The Bertz CT molecular complexity index is 1200. The number of benzene rings is 2. The second-order valence-electron chi connectivity index (χ2n) is 6.63. The normalized spacial score (nSPS) is 12.1. The summed E-state index contributed by atoms with van der Waals surface area (Å²) < 4.78 is 67.5. The summed E-state index contributed by atoms with van der Waals surface area (Å²) in [5.74, 6) is -0.455. The molecular formula is C22H19F3N2O5S. The van der Waals surface area contributed by atoms with Gasteiger partial charge in [-0.2, -0.15) is 13.2 Å². The third kappa shape index (κ3) is 5.80. The largest absolute Gasteiger partial charge is 0.497 e. The van der Waals surface area contributed by atoms with Crippen LogP contribution in [0.5, 0.6) is 23.1 Å². The molecule has 0 saturated heterocycles. The lowest BCUT2D eigenvalue weighted by atomic mass is 10.1. The Morgan fingerprint density at radius 2 is 1.79 bits per heavy atom. The molecular weight excluding hydrogens is 461 g/mol. The van der Waals surface area contributed by atoms with E-state index in [0.717, 1.165) is 0 Å². The van der Waals surface area contributed by atoms with Crippen LogP contribution in [0.1, 0.15) is 15.9 Å². The molecule has 1 N–H and O–H groups in total. The fraction of sp³-hybridized carbons (Fsp3) is 0.182. The number of hydrogen-bond acceptors (Lipinski definition) is 6. The minimum absolute atomic E-state index is 0.114. The highest BCUT2D eigenvalue weighted by Gasteiger charge is 2.33. The zero-order valence-corrected chi connectivity index (χ0v) is 18.5. The third-order valence-corrected chi connectivity index (χ3v) is 5.34. The molecule has 33 heavy (non-hydrogen) atoms. The first-order valence-electron chi connectivity index (χ1n) is 9.34. The smallest absolute Gasteiger partial charge is 0.417 e. The zero-order valence-electron chi connectivity index (χ0n) is 17.7. The molecule has 11 heteroatoms. The summed E-state index contributed by atoms with van der Waals surface area (Å²) >= 11 is 0. The zero-order chi connectivity index (χ0) is 24.2. The van der Waals surface area contributed by atoms with Gasteiger partial charge in [-0.25, -0.2) is 4.98 Å². The van der Waals surface area contributed by atoms with Gasteiger partial charge in [-0.15, -0.1) is 0 Å². The number of carbonyl (C=O) groups excluding carboxylic acids is 1. The van der Waals surface area contributed by atoms with Crippen LogP contribution in [-0.4, -0.2) is 35.6 Å². The van der Waals surface area contributed by atoms with E-state index in [9.17, 15) is 22.2 Å². The monoisotopic (exact) mass is 480 g/mol. The first-order valence-corrected chi connectivity index (χ1v) is 10.9. The molecule has 7 nitrogen and oxygen atoms in total. The van der Waals surface area contributed by atoms with E-state index in [1.54, 1.807) is 18.2 Å². The Balaban J connectivity index is 2.01. The van der Waals surface area contributed by atoms with Crippen LogP contribution < -0.4 is 19.5 Å². The fourth-order valence-electron chi connectivity index (χ4n) is 2.77. The molecule has 2 aromatic carbocycles. The Morgan fingerprint density at radius 3 is 2.42 bits per heavy atom. The lowest BCUT2D eigenvalue weighted by Crippen LogP contribution is -2.16. The van der Waals surface area contributed by atoms with Crippen molar-refractivity contribution in [2.75, 3.05) is 25.8 Å². The maximum absolute atomic E-state index is 13.3. The van der Waals surface area contributed by atoms with Crippen molar-refractivity contribution in [3.8, 4) is 23.1 Å². The highest BCUT2D eigenvalue weighted by Crippen LogP contribution is 2.37. The quantitative estimate of drug-likeness (QED) is 0.518. The number of halogens is 3. The molecule has 3 aromatic rings. The second kappa shape index (κ2) is 9.90. The molecule has 0 saturated carbocycles. The van der Waals surface area contributed by atoms with Gasteiger partial charge in [-0.05, 0) is 36.4 Å². The van der Waals surface area contributed by atoms with Gasteiger partial charge < -0.3 is 19.5 Å². The summed E-state index contributed by atoms with van der Waals surface area (Å²) in [7, 11) is 1.52. The van der Waals surface area contributed by atoms with Gasteiger partial charge in [0, 0.05) is 39.9 Å². The van der Waals surface area contributed by atoms with Gasteiger partial charge in [0.05, 0.1) is 19.8 Å². The number of carbonyl (C=O) groups is 1. The van der Waals surface area contributed by atoms with E-state index in [4.69, 9.17) is 14.2 Å². The van der Waals surface area contributed by atoms with Crippen molar-refractivity contribution < 1.29 is 36.4 Å². The predicted molar refractivity (Wildman–Crippen MR) is 116 cm³/mol. The molecule has 1 atom stereocenters. The lowest BCUT2D eigenvalue weighted by Gasteiger charge is -2.15. The number of ether oxygens (including phenoxy) is 3. The van der Waals surface area contributed by atoms with Gasteiger partial charge in [0.15, 0.2) is 11.5 Å². The summed E-state index contributed by atoms with van der Waals surface area (Å²) in [5.41, 5.74) is -1.33. The van der Waals surface area contributed by atoms with Crippen molar-refractivity contribution in [3.63, 3.8) is 0 Å². The topological polar surface area (TPSA) is 86.8 Å². The first-order chi connectivity index (χ1) is 15.6. The van der Waals surface area contributed by atoms with Gasteiger partial charge in [0.1, 0.15) is 11.3 Å². The number of alkyl halides is 3. The summed E-state index contributed by atoms with van der Waals surface area (Å²) in [6.07, 6.45) is -2.69. The molecule has 1 aromatic heterocycles. The summed E-state index contributed by atoms with van der Waals surface area (Å²) in [4.78, 5) is 17.1. The summed E-state index contributed by atoms with van der Waals surface area (Å²) in [5, 5.41) is 2.49. The second-order valence-corrected chi connectivity index (χ2v) is 8.01. The number of anilines is 1. The van der Waals surface area contributed by atoms with Crippen molar-refractivity contribution in [1.29, 1.82) is 0 Å². The van der Waals surface area contributed by atoms with Gasteiger partial charge in [0.2, 0.25) is 5.88 Å². The van der Waals surface area contributed by atoms with Gasteiger partial charge in [-0.1, -0.05) is 6.07 Å². The highest BCUT2D eigenvalue weighted by molar-refractivity contribution is 7.84. The van der Waals surface area contributed by atoms with Crippen LogP contribution in [0.2, 0.25) is 0 Å². The van der Waals surface area contributed by atoms with Crippen LogP contribution >= 0.6 is 0 Å². The van der Waals surface area contributed by atoms with E-state index < -0.39 is 34.0 Å². The fourth-order valence-corrected chi connectivity index (χ4v) is 3.33. The number of aromatic nitrogens is 1. The highest BCUT2D eigenvalue weighted by atomic mass is 32.2. The molecule has 0 spiro atoms. The maximum Gasteiger partial charge on any atom is 0.417 e. The molecule has 0 bridgehead atoms.